The van der Waals surface area contributed by atoms with Crippen LogP contribution >= 0.6 is 0 Å². The van der Waals surface area contributed by atoms with Crippen LogP contribution in [-0.4, -0.2) is 68.6 Å². The van der Waals surface area contributed by atoms with Gasteiger partial charge in [-0.2, -0.15) is 0 Å². The summed E-state index contributed by atoms with van der Waals surface area (Å²) in [6.07, 6.45) is 3.81. The summed E-state index contributed by atoms with van der Waals surface area (Å²) in [6, 6.07) is -3.41. The molecule has 1 aromatic rings. The molecule has 12 heteroatoms. The van der Waals surface area contributed by atoms with Crippen molar-refractivity contribution in [2.24, 2.45) is 11.5 Å². The van der Waals surface area contributed by atoms with E-state index in [1.165, 1.54) is 12.5 Å². The van der Waals surface area contributed by atoms with Gasteiger partial charge in [0.15, 0.2) is 0 Å². The van der Waals surface area contributed by atoms with Crippen LogP contribution in [0.5, 0.6) is 0 Å². The van der Waals surface area contributed by atoms with Gasteiger partial charge in [0.1, 0.15) is 12.1 Å². The van der Waals surface area contributed by atoms with Crippen molar-refractivity contribution in [2.75, 3.05) is 6.54 Å². The SMILES string of the molecule is NCCCC[C@H](N)C(=O)N[C@@H](CCC(=O)O)C(=O)N[C@@H](Cc1cnc[nH]1)C(=O)O. The molecule has 0 unspecified atom stereocenters. The van der Waals surface area contributed by atoms with Gasteiger partial charge in [-0.05, 0) is 25.8 Å². The maximum absolute atomic E-state index is 12.6. The molecule has 0 aromatic carbocycles. The number of aliphatic carboxylic acids is 2. The van der Waals surface area contributed by atoms with E-state index in [1.807, 2.05) is 0 Å². The number of hydrogen-bond donors (Lipinski definition) is 7. The van der Waals surface area contributed by atoms with E-state index in [0.717, 1.165) is 0 Å². The highest BCUT2D eigenvalue weighted by Gasteiger charge is 2.28. The summed E-state index contributed by atoms with van der Waals surface area (Å²) < 4.78 is 0. The molecule has 0 spiro atoms. The number of nitrogens with zero attached hydrogens (tertiary/aromatic N) is 1. The quantitative estimate of drug-likeness (QED) is 0.174. The number of rotatable bonds is 14. The Bertz CT molecular complexity index is 680. The van der Waals surface area contributed by atoms with E-state index in [4.69, 9.17) is 16.6 Å². The molecular formula is C17H28N6O6. The second kappa shape index (κ2) is 12.5. The Hall–Kier alpha value is -2.99. The molecule has 162 valence electrons. The summed E-state index contributed by atoms with van der Waals surface area (Å²) in [7, 11) is 0. The van der Waals surface area contributed by atoms with Crippen molar-refractivity contribution in [2.45, 2.75) is 56.7 Å². The number of aromatic nitrogens is 2. The van der Waals surface area contributed by atoms with E-state index in [2.05, 4.69) is 20.6 Å². The first-order valence-electron chi connectivity index (χ1n) is 9.22. The van der Waals surface area contributed by atoms with Gasteiger partial charge >= 0.3 is 11.9 Å². The van der Waals surface area contributed by atoms with Crippen molar-refractivity contribution in [3.05, 3.63) is 18.2 Å². The Kier molecular flexibility index (Phi) is 10.3. The number of nitrogens with two attached hydrogens (primary N) is 2. The normalized spacial score (nSPS) is 13.9. The summed E-state index contributed by atoms with van der Waals surface area (Å²) in [5, 5.41) is 23.0. The van der Waals surface area contributed by atoms with Crippen molar-refractivity contribution in [1.82, 2.24) is 20.6 Å². The number of carbonyl (C=O) groups excluding carboxylic acids is 2. The van der Waals surface area contributed by atoms with E-state index < -0.39 is 41.9 Å². The van der Waals surface area contributed by atoms with Gasteiger partial charge < -0.3 is 37.3 Å². The van der Waals surface area contributed by atoms with Crippen LogP contribution < -0.4 is 22.1 Å². The zero-order valence-corrected chi connectivity index (χ0v) is 16.0. The van der Waals surface area contributed by atoms with Crippen LogP contribution in [0.1, 0.15) is 37.8 Å². The van der Waals surface area contributed by atoms with E-state index in [1.54, 1.807) is 0 Å². The lowest BCUT2D eigenvalue weighted by Crippen LogP contribution is -2.55. The first-order chi connectivity index (χ1) is 13.7. The van der Waals surface area contributed by atoms with Crippen LogP contribution in [0.4, 0.5) is 0 Å². The molecule has 0 saturated heterocycles. The Morgan fingerprint density at radius 2 is 1.76 bits per heavy atom. The molecule has 0 aliphatic carbocycles. The Balaban J connectivity index is 2.77. The minimum absolute atomic E-state index is 0.0563. The highest BCUT2D eigenvalue weighted by Crippen LogP contribution is 2.05. The van der Waals surface area contributed by atoms with Crippen molar-refractivity contribution in [1.29, 1.82) is 0 Å². The fourth-order valence-corrected chi connectivity index (χ4v) is 2.54. The van der Waals surface area contributed by atoms with Gasteiger partial charge in [0, 0.05) is 24.7 Å². The number of unbranched alkanes of at least 4 members (excludes halogenated alkanes) is 1. The number of nitrogens with one attached hydrogen (secondary N) is 3. The molecule has 0 saturated carbocycles. The molecule has 1 aromatic heterocycles. The first-order valence-corrected chi connectivity index (χ1v) is 9.22. The van der Waals surface area contributed by atoms with Gasteiger partial charge in [-0.3, -0.25) is 14.4 Å². The van der Waals surface area contributed by atoms with Crippen molar-refractivity contribution >= 4 is 23.8 Å². The number of hydrogen-bond acceptors (Lipinski definition) is 7. The second-order valence-corrected chi connectivity index (χ2v) is 6.56. The Labute approximate surface area is 167 Å². The van der Waals surface area contributed by atoms with Crippen LogP contribution in [0.15, 0.2) is 12.5 Å². The number of carboxylic acid groups (broad SMARTS) is 2. The molecule has 1 heterocycles. The highest BCUT2D eigenvalue weighted by molar-refractivity contribution is 5.92. The summed E-state index contributed by atoms with van der Waals surface area (Å²) in [5.41, 5.74) is 11.7. The van der Waals surface area contributed by atoms with Gasteiger partial charge in [-0.15, -0.1) is 0 Å². The average molecular weight is 412 g/mol. The molecule has 0 bridgehead atoms. The summed E-state index contributed by atoms with van der Waals surface area (Å²) in [5.74, 6) is -3.86. The maximum atomic E-state index is 12.6. The van der Waals surface area contributed by atoms with Gasteiger partial charge in [0.25, 0.3) is 0 Å². The van der Waals surface area contributed by atoms with Crippen LogP contribution in [-0.2, 0) is 25.6 Å². The standard InChI is InChI=1S/C17H28N6O6/c18-6-2-1-3-11(19)15(26)22-12(4-5-14(24)25)16(27)23-13(17(28)29)7-10-8-20-9-21-10/h8-9,11-13H,1-7,18-19H2,(H,20,21)(H,22,26)(H,23,27)(H,24,25)(H,28,29)/t11-,12-,13-/m0/s1. The van der Waals surface area contributed by atoms with Crippen molar-refractivity contribution in [3.63, 3.8) is 0 Å². The van der Waals surface area contributed by atoms with Crippen LogP contribution in [0.3, 0.4) is 0 Å². The maximum Gasteiger partial charge on any atom is 0.326 e. The Morgan fingerprint density at radius 1 is 1.07 bits per heavy atom. The minimum atomic E-state index is -1.29. The molecular weight excluding hydrogens is 384 g/mol. The van der Waals surface area contributed by atoms with E-state index >= 15 is 0 Å². The van der Waals surface area contributed by atoms with Crippen LogP contribution in [0, 0.1) is 0 Å². The second-order valence-electron chi connectivity index (χ2n) is 6.56. The predicted octanol–water partition coefficient (Wildman–Crippen LogP) is -1.67. The molecule has 3 atom stereocenters. The molecule has 0 aliphatic rings. The Morgan fingerprint density at radius 3 is 2.31 bits per heavy atom. The lowest BCUT2D eigenvalue weighted by atomic mass is 10.1. The van der Waals surface area contributed by atoms with Crippen molar-refractivity contribution < 1.29 is 29.4 Å². The fraction of sp³-hybridized carbons (Fsp3) is 0.588. The zero-order valence-electron chi connectivity index (χ0n) is 16.0. The number of imidazole rings is 1. The monoisotopic (exact) mass is 412 g/mol. The van der Waals surface area contributed by atoms with Crippen LogP contribution in [0.25, 0.3) is 0 Å². The molecule has 0 aliphatic heterocycles. The van der Waals surface area contributed by atoms with E-state index in [-0.39, 0.29) is 19.3 Å². The summed E-state index contributed by atoms with van der Waals surface area (Å²) in [4.78, 5) is 53.7. The molecule has 29 heavy (non-hydrogen) atoms. The van der Waals surface area contributed by atoms with Gasteiger partial charge in [-0.1, -0.05) is 6.42 Å². The number of H-pyrrole nitrogens is 1. The third-order valence-corrected chi connectivity index (χ3v) is 4.18. The largest absolute Gasteiger partial charge is 0.481 e. The van der Waals surface area contributed by atoms with Crippen molar-refractivity contribution in [3.8, 4) is 0 Å². The lowest BCUT2D eigenvalue weighted by molar-refractivity contribution is -0.143. The summed E-state index contributed by atoms with van der Waals surface area (Å²) in [6.45, 7) is 0.463. The molecule has 2 amide bonds. The molecule has 1 rings (SSSR count). The average Bonchev–Trinajstić information content (AvgIpc) is 3.17. The lowest BCUT2D eigenvalue weighted by Gasteiger charge is -2.22. The number of amides is 2. The minimum Gasteiger partial charge on any atom is -0.481 e. The third-order valence-electron chi connectivity index (χ3n) is 4.18. The molecule has 12 nitrogen and oxygen atoms in total. The smallest absolute Gasteiger partial charge is 0.326 e. The van der Waals surface area contributed by atoms with Crippen LogP contribution in [0.2, 0.25) is 0 Å². The predicted molar refractivity (Wildman–Crippen MR) is 102 cm³/mol. The topological polar surface area (TPSA) is 214 Å². The van der Waals surface area contributed by atoms with E-state index in [9.17, 15) is 24.3 Å². The fourth-order valence-electron chi connectivity index (χ4n) is 2.54. The third kappa shape index (κ3) is 9.17. The number of aromatic amines is 1. The number of carboxylic acids is 2. The van der Waals surface area contributed by atoms with Gasteiger partial charge in [0.2, 0.25) is 11.8 Å². The molecule has 0 radical (unpaired) electrons. The molecule has 0 fully saturated rings. The van der Waals surface area contributed by atoms with Gasteiger partial charge in [0.05, 0.1) is 12.4 Å². The first kappa shape index (κ1) is 24.0. The highest BCUT2D eigenvalue weighted by atomic mass is 16.4. The molecule has 9 N–H and O–H groups in total. The van der Waals surface area contributed by atoms with E-state index in [0.29, 0.717) is 31.5 Å². The summed E-state index contributed by atoms with van der Waals surface area (Å²) >= 11 is 0. The number of carbonyl (C=O) groups is 4. The van der Waals surface area contributed by atoms with Gasteiger partial charge in [-0.25, -0.2) is 9.78 Å². The zero-order chi connectivity index (χ0) is 21.8.